The number of esters is 5. The zero-order valence-corrected chi connectivity index (χ0v) is 20.4. The van der Waals surface area contributed by atoms with Gasteiger partial charge >= 0.3 is 35.8 Å². The largest absolute Gasteiger partial charge is 0.481 e. The molecule has 0 radical (unpaired) electrons. The molecule has 11 nitrogen and oxygen atoms in total. The molecule has 0 amide bonds. The number of hydrogen-bond acceptors (Lipinski definition) is 10. The van der Waals surface area contributed by atoms with Crippen LogP contribution >= 0.6 is 0 Å². The van der Waals surface area contributed by atoms with Gasteiger partial charge in [0.25, 0.3) is 0 Å². The number of aliphatic hydroxyl groups excluding tert-OH is 1. The van der Waals surface area contributed by atoms with E-state index in [0.717, 1.165) is 0 Å². The summed E-state index contributed by atoms with van der Waals surface area (Å²) in [4.78, 5) is 70.8. The maximum absolute atomic E-state index is 12.4. The van der Waals surface area contributed by atoms with Crippen molar-refractivity contribution < 1.29 is 53.2 Å². The summed E-state index contributed by atoms with van der Waals surface area (Å²) in [5, 5.41) is 17.7. The smallest absolute Gasteiger partial charge is 0.346 e. The minimum Gasteiger partial charge on any atom is -0.481 e. The number of aliphatic hydroxyl groups is 1. The molecule has 2 N–H and O–H groups in total. The van der Waals surface area contributed by atoms with E-state index in [-0.39, 0.29) is 69.3 Å². The molecule has 198 valence electrons. The Labute approximate surface area is 208 Å². The maximum atomic E-state index is 12.4. The van der Waals surface area contributed by atoms with E-state index in [1.54, 1.807) is 13.8 Å². The molecule has 0 saturated heterocycles. The second kappa shape index (κ2) is 15.4. The Morgan fingerprint density at radius 2 is 1.14 bits per heavy atom. The highest BCUT2D eigenvalue weighted by Gasteiger charge is 2.23. The van der Waals surface area contributed by atoms with Gasteiger partial charge in [0, 0.05) is 31.1 Å². The van der Waals surface area contributed by atoms with Crippen molar-refractivity contribution in [2.45, 2.75) is 65.2 Å². The molecule has 0 aliphatic rings. The van der Waals surface area contributed by atoms with Crippen LogP contribution in [0.4, 0.5) is 0 Å². The quantitative estimate of drug-likeness (QED) is 0.154. The Hall–Kier alpha value is -3.60. The van der Waals surface area contributed by atoms with Crippen LogP contribution in [0.3, 0.4) is 0 Å². The van der Waals surface area contributed by atoms with Gasteiger partial charge < -0.3 is 24.4 Å². The number of hydrogen-bond donors (Lipinski definition) is 2. The predicted molar refractivity (Wildman–Crippen MR) is 124 cm³/mol. The maximum Gasteiger partial charge on any atom is 0.346 e. The van der Waals surface area contributed by atoms with E-state index in [4.69, 9.17) is 24.4 Å². The molecular formula is C25H32O11. The highest BCUT2D eigenvalue weighted by atomic mass is 16.6. The molecule has 0 bridgehead atoms. The highest BCUT2D eigenvalue weighted by molar-refractivity contribution is 6.07. The molecule has 0 unspecified atom stereocenters. The predicted octanol–water partition coefficient (Wildman–Crippen LogP) is 2.82. The Balaban J connectivity index is 2.49. The molecule has 0 saturated carbocycles. The third-order valence-electron chi connectivity index (χ3n) is 4.87. The van der Waals surface area contributed by atoms with Crippen LogP contribution in [0.15, 0.2) is 24.3 Å². The van der Waals surface area contributed by atoms with E-state index < -0.39 is 41.2 Å². The fourth-order valence-corrected chi connectivity index (χ4v) is 2.74. The standard InChI is InChI=1S/C25H32O11/c1-25(2,15-26)16-34-20(29)12-7-8-14-22(31)36-24(33)18-10-4-3-9-17(18)23(32)35-21(30)13-6-5-11-19(27)28/h3-4,9-10,26H,5-8,11-16H2,1-2H3,(H,27,28). The first-order valence-electron chi connectivity index (χ1n) is 11.5. The number of ether oxygens (including phenoxy) is 3. The van der Waals surface area contributed by atoms with Crippen molar-refractivity contribution in [2.75, 3.05) is 13.2 Å². The molecule has 11 heteroatoms. The first-order chi connectivity index (χ1) is 16.9. The number of carboxylic acids is 1. The summed E-state index contributed by atoms with van der Waals surface area (Å²) < 4.78 is 14.6. The fraction of sp³-hybridized carbons (Fsp3) is 0.520. The Morgan fingerprint density at radius 1 is 0.722 bits per heavy atom. The molecule has 1 aromatic rings. The van der Waals surface area contributed by atoms with Crippen LogP contribution in [0.5, 0.6) is 0 Å². The molecule has 0 aromatic heterocycles. The molecule has 0 fully saturated rings. The average molecular weight is 509 g/mol. The SMILES string of the molecule is CC(C)(CO)COC(=O)CCCCC(=O)OC(=O)c1ccccc1C(=O)OC(=O)CCCCC(=O)O. The summed E-state index contributed by atoms with van der Waals surface area (Å²) in [5.41, 5.74) is -1.06. The third kappa shape index (κ3) is 12.2. The number of carbonyl (C=O) groups excluding carboxylic acids is 5. The van der Waals surface area contributed by atoms with Crippen LogP contribution < -0.4 is 0 Å². The Kier molecular flexibility index (Phi) is 13.0. The third-order valence-corrected chi connectivity index (χ3v) is 4.87. The van der Waals surface area contributed by atoms with E-state index in [2.05, 4.69) is 0 Å². The van der Waals surface area contributed by atoms with Crippen LogP contribution in [0, 0.1) is 5.41 Å². The van der Waals surface area contributed by atoms with Gasteiger partial charge in [0.2, 0.25) is 0 Å². The number of carbonyl (C=O) groups is 6. The fourth-order valence-electron chi connectivity index (χ4n) is 2.74. The minimum absolute atomic E-state index is 0.0573. The van der Waals surface area contributed by atoms with Gasteiger partial charge in [-0.2, -0.15) is 0 Å². The number of benzene rings is 1. The van der Waals surface area contributed by atoms with Crippen LogP contribution in [-0.2, 0) is 33.4 Å². The Bertz CT molecular complexity index is 949. The van der Waals surface area contributed by atoms with Gasteiger partial charge in [-0.05, 0) is 37.8 Å². The molecule has 1 rings (SSSR count). The summed E-state index contributed by atoms with van der Waals surface area (Å²) in [5.74, 6) is -5.38. The summed E-state index contributed by atoms with van der Waals surface area (Å²) in [6.07, 6.45) is 0.656. The lowest BCUT2D eigenvalue weighted by atomic mass is 9.97. The van der Waals surface area contributed by atoms with E-state index in [1.807, 2.05) is 0 Å². The summed E-state index contributed by atoms with van der Waals surface area (Å²) >= 11 is 0. The van der Waals surface area contributed by atoms with E-state index in [9.17, 15) is 28.8 Å². The lowest BCUT2D eigenvalue weighted by Crippen LogP contribution is -2.25. The van der Waals surface area contributed by atoms with Gasteiger partial charge in [0.1, 0.15) is 0 Å². The minimum atomic E-state index is -1.10. The van der Waals surface area contributed by atoms with E-state index in [0.29, 0.717) is 6.42 Å². The van der Waals surface area contributed by atoms with Gasteiger partial charge in [-0.1, -0.05) is 26.0 Å². The normalized spacial score (nSPS) is 10.9. The van der Waals surface area contributed by atoms with E-state index >= 15 is 0 Å². The van der Waals surface area contributed by atoms with Crippen LogP contribution in [0.1, 0.15) is 85.9 Å². The van der Waals surface area contributed by atoms with Gasteiger partial charge in [-0.25, -0.2) is 9.59 Å². The van der Waals surface area contributed by atoms with Crippen molar-refractivity contribution in [3.63, 3.8) is 0 Å². The molecule has 36 heavy (non-hydrogen) atoms. The monoisotopic (exact) mass is 508 g/mol. The Morgan fingerprint density at radius 3 is 1.56 bits per heavy atom. The van der Waals surface area contributed by atoms with Crippen molar-refractivity contribution in [2.24, 2.45) is 5.41 Å². The van der Waals surface area contributed by atoms with Gasteiger partial charge in [0.15, 0.2) is 0 Å². The second-order valence-corrected chi connectivity index (χ2v) is 8.86. The van der Waals surface area contributed by atoms with Gasteiger partial charge in [-0.15, -0.1) is 0 Å². The number of unbranched alkanes of at least 4 members (excludes halogenated alkanes) is 2. The van der Waals surface area contributed by atoms with Crippen LogP contribution in [-0.4, -0.2) is 59.2 Å². The number of carboxylic acid groups (broad SMARTS) is 1. The summed E-state index contributed by atoms with van der Waals surface area (Å²) in [6.45, 7) is 3.42. The van der Waals surface area contributed by atoms with Crippen LogP contribution in [0.25, 0.3) is 0 Å². The zero-order valence-electron chi connectivity index (χ0n) is 20.4. The van der Waals surface area contributed by atoms with Crippen molar-refractivity contribution in [3.05, 3.63) is 35.4 Å². The van der Waals surface area contributed by atoms with Crippen LogP contribution in [0.2, 0.25) is 0 Å². The van der Waals surface area contributed by atoms with E-state index in [1.165, 1.54) is 24.3 Å². The molecular weight excluding hydrogens is 476 g/mol. The number of aliphatic carboxylic acids is 1. The summed E-state index contributed by atoms with van der Waals surface area (Å²) in [6, 6.07) is 5.36. The lowest BCUT2D eigenvalue weighted by molar-refractivity contribution is -0.148. The van der Waals surface area contributed by atoms with Crippen molar-refractivity contribution in [1.82, 2.24) is 0 Å². The molecule has 0 atom stereocenters. The van der Waals surface area contributed by atoms with Crippen molar-refractivity contribution in [1.29, 1.82) is 0 Å². The topological polar surface area (TPSA) is 171 Å². The zero-order chi connectivity index (χ0) is 27.1. The van der Waals surface area contributed by atoms with Gasteiger partial charge in [-0.3, -0.25) is 19.2 Å². The molecule has 1 aromatic carbocycles. The highest BCUT2D eigenvalue weighted by Crippen LogP contribution is 2.16. The first-order valence-corrected chi connectivity index (χ1v) is 11.5. The molecule has 0 aliphatic heterocycles. The van der Waals surface area contributed by atoms with Crippen molar-refractivity contribution in [3.8, 4) is 0 Å². The lowest BCUT2D eigenvalue weighted by Gasteiger charge is -2.20. The van der Waals surface area contributed by atoms with Gasteiger partial charge in [0.05, 0.1) is 24.3 Å². The number of rotatable bonds is 15. The average Bonchev–Trinajstić information content (AvgIpc) is 2.83. The second-order valence-electron chi connectivity index (χ2n) is 8.86. The molecule has 0 spiro atoms. The summed E-state index contributed by atoms with van der Waals surface area (Å²) in [7, 11) is 0. The molecule has 0 heterocycles. The molecule has 0 aliphatic carbocycles. The van der Waals surface area contributed by atoms with Crippen molar-refractivity contribution >= 4 is 35.8 Å². The first kappa shape index (κ1) is 30.4.